The molecule has 0 unspecified atom stereocenters. The highest BCUT2D eigenvalue weighted by Gasteiger charge is 2.28. The number of halogens is 1. The van der Waals surface area contributed by atoms with Gasteiger partial charge in [-0.2, -0.15) is 0 Å². The van der Waals surface area contributed by atoms with Crippen LogP contribution in [0.5, 0.6) is 0 Å². The molecule has 0 saturated heterocycles. The molecule has 0 atom stereocenters. The van der Waals surface area contributed by atoms with Gasteiger partial charge >= 0.3 is 0 Å². The maximum Gasteiger partial charge on any atom is 0.259 e. The molecular weight excluding hydrogens is 264 g/mol. The van der Waals surface area contributed by atoms with Crippen LogP contribution in [0.4, 0.5) is 11.4 Å². The van der Waals surface area contributed by atoms with Crippen molar-refractivity contribution in [2.24, 2.45) is 5.18 Å². The van der Waals surface area contributed by atoms with Crippen molar-refractivity contribution in [3.8, 4) is 0 Å². The van der Waals surface area contributed by atoms with Crippen LogP contribution in [0, 0.1) is 4.91 Å². The SMILES string of the molecule is O=Nc1ccc2c(c1)C(=O)N(c1ccc(Cl)cc1)C2. The third-order valence-electron chi connectivity index (χ3n) is 3.14. The molecule has 0 fully saturated rings. The summed E-state index contributed by atoms with van der Waals surface area (Å²) < 4.78 is 0. The molecule has 3 rings (SSSR count). The van der Waals surface area contributed by atoms with Gasteiger partial charge in [0.15, 0.2) is 0 Å². The van der Waals surface area contributed by atoms with Crippen molar-refractivity contribution < 1.29 is 4.79 Å². The van der Waals surface area contributed by atoms with Gasteiger partial charge in [0, 0.05) is 16.3 Å². The molecule has 19 heavy (non-hydrogen) atoms. The first-order valence-electron chi connectivity index (χ1n) is 5.73. The Labute approximate surface area is 114 Å². The molecule has 1 aliphatic rings. The molecule has 0 N–H and O–H groups in total. The molecule has 0 bridgehead atoms. The van der Waals surface area contributed by atoms with Crippen LogP contribution in [0.25, 0.3) is 0 Å². The zero-order valence-electron chi connectivity index (χ0n) is 9.84. The Morgan fingerprint density at radius 3 is 2.53 bits per heavy atom. The summed E-state index contributed by atoms with van der Waals surface area (Å²) in [7, 11) is 0. The van der Waals surface area contributed by atoms with Crippen molar-refractivity contribution >= 4 is 28.9 Å². The second kappa shape index (κ2) is 4.48. The Bertz CT molecular complexity index is 668. The molecule has 2 aromatic rings. The van der Waals surface area contributed by atoms with E-state index in [4.69, 9.17) is 11.6 Å². The normalized spacial score (nSPS) is 13.5. The van der Waals surface area contributed by atoms with Gasteiger partial charge in [0.05, 0.1) is 6.54 Å². The highest BCUT2D eigenvalue weighted by molar-refractivity contribution is 6.30. The summed E-state index contributed by atoms with van der Waals surface area (Å²) in [5.74, 6) is -0.122. The second-order valence-corrected chi connectivity index (χ2v) is 4.74. The third-order valence-corrected chi connectivity index (χ3v) is 3.39. The number of hydrogen-bond acceptors (Lipinski definition) is 3. The van der Waals surface area contributed by atoms with Crippen molar-refractivity contribution in [2.45, 2.75) is 6.54 Å². The van der Waals surface area contributed by atoms with Crippen LogP contribution >= 0.6 is 11.6 Å². The van der Waals surface area contributed by atoms with E-state index in [9.17, 15) is 9.70 Å². The maximum atomic E-state index is 12.3. The van der Waals surface area contributed by atoms with Gasteiger partial charge in [0.25, 0.3) is 5.91 Å². The van der Waals surface area contributed by atoms with E-state index >= 15 is 0 Å². The van der Waals surface area contributed by atoms with E-state index in [1.165, 1.54) is 6.07 Å². The molecule has 1 amide bonds. The lowest BCUT2D eigenvalue weighted by Crippen LogP contribution is -2.22. The molecule has 0 aliphatic carbocycles. The Kier molecular flexibility index (Phi) is 2.80. The standard InChI is InChI=1S/C14H9ClN2O2/c15-10-2-5-12(6-3-10)17-8-9-1-4-11(16-19)7-13(9)14(17)18/h1-7H,8H2. The maximum absolute atomic E-state index is 12.3. The molecule has 5 heteroatoms. The minimum atomic E-state index is -0.122. The van der Waals surface area contributed by atoms with Gasteiger partial charge in [0.1, 0.15) is 5.69 Å². The predicted molar refractivity (Wildman–Crippen MR) is 73.9 cm³/mol. The molecule has 0 saturated carbocycles. The topological polar surface area (TPSA) is 49.7 Å². The lowest BCUT2D eigenvalue weighted by molar-refractivity contribution is 0.0996. The summed E-state index contributed by atoms with van der Waals surface area (Å²) in [6.07, 6.45) is 0. The van der Waals surface area contributed by atoms with Gasteiger partial charge in [-0.1, -0.05) is 17.7 Å². The molecule has 0 radical (unpaired) electrons. The van der Waals surface area contributed by atoms with Crippen molar-refractivity contribution in [1.82, 2.24) is 0 Å². The first-order valence-corrected chi connectivity index (χ1v) is 6.10. The lowest BCUT2D eigenvalue weighted by atomic mass is 10.1. The van der Waals surface area contributed by atoms with E-state index < -0.39 is 0 Å². The zero-order valence-corrected chi connectivity index (χ0v) is 10.6. The lowest BCUT2D eigenvalue weighted by Gasteiger charge is -2.15. The number of nitrogens with zero attached hydrogens (tertiary/aromatic N) is 2. The Morgan fingerprint density at radius 1 is 1.11 bits per heavy atom. The summed E-state index contributed by atoms with van der Waals surface area (Å²) in [4.78, 5) is 24.5. The van der Waals surface area contributed by atoms with E-state index in [0.717, 1.165) is 11.3 Å². The highest BCUT2D eigenvalue weighted by atomic mass is 35.5. The fraction of sp³-hybridized carbons (Fsp3) is 0.0714. The Morgan fingerprint density at radius 2 is 1.84 bits per heavy atom. The fourth-order valence-corrected chi connectivity index (χ4v) is 2.30. The molecule has 4 nitrogen and oxygen atoms in total. The number of fused-ring (bicyclic) bond motifs is 1. The summed E-state index contributed by atoms with van der Waals surface area (Å²) in [5.41, 5.74) is 2.48. The summed E-state index contributed by atoms with van der Waals surface area (Å²) >= 11 is 5.83. The number of amides is 1. The second-order valence-electron chi connectivity index (χ2n) is 4.30. The van der Waals surface area contributed by atoms with E-state index in [1.54, 1.807) is 41.3 Å². The van der Waals surface area contributed by atoms with Crippen LogP contribution in [-0.2, 0) is 6.54 Å². The zero-order chi connectivity index (χ0) is 13.4. The minimum absolute atomic E-state index is 0.122. The van der Waals surface area contributed by atoms with Crippen molar-refractivity contribution in [1.29, 1.82) is 0 Å². The average molecular weight is 273 g/mol. The number of rotatable bonds is 2. The van der Waals surface area contributed by atoms with E-state index in [1.807, 2.05) is 0 Å². The van der Waals surface area contributed by atoms with Crippen molar-refractivity contribution in [3.63, 3.8) is 0 Å². The first-order chi connectivity index (χ1) is 9.19. The average Bonchev–Trinajstić information content (AvgIpc) is 2.76. The molecule has 2 aromatic carbocycles. The number of nitroso groups, excluding NO2 is 1. The highest BCUT2D eigenvalue weighted by Crippen LogP contribution is 2.31. The van der Waals surface area contributed by atoms with Gasteiger partial charge in [-0.25, -0.2) is 0 Å². The monoisotopic (exact) mass is 272 g/mol. The summed E-state index contributed by atoms with van der Waals surface area (Å²) in [5, 5.41) is 3.48. The van der Waals surface area contributed by atoms with Crippen LogP contribution in [0.1, 0.15) is 15.9 Å². The van der Waals surface area contributed by atoms with Gasteiger partial charge in [-0.3, -0.25) is 4.79 Å². The number of benzene rings is 2. The van der Waals surface area contributed by atoms with Crippen LogP contribution < -0.4 is 4.90 Å². The molecule has 1 heterocycles. The molecule has 94 valence electrons. The smallest absolute Gasteiger partial charge is 0.259 e. The van der Waals surface area contributed by atoms with Gasteiger partial charge in [-0.05, 0) is 47.1 Å². The summed E-state index contributed by atoms with van der Waals surface area (Å²) in [6, 6.07) is 12.0. The third kappa shape index (κ3) is 2.00. The van der Waals surface area contributed by atoms with Crippen LogP contribution in [0.15, 0.2) is 47.6 Å². The van der Waals surface area contributed by atoms with Gasteiger partial charge in [0.2, 0.25) is 0 Å². The summed E-state index contributed by atoms with van der Waals surface area (Å²) in [6.45, 7) is 0.495. The van der Waals surface area contributed by atoms with E-state index in [0.29, 0.717) is 17.1 Å². The molecule has 0 aromatic heterocycles. The number of anilines is 1. The van der Waals surface area contributed by atoms with E-state index in [2.05, 4.69) is 5.18 Å². The van der Waals surface area contributed by atoms with Gasteiger partial charge in [-0.15, -0.1) is 4.91 Å². The van der Waals surface area contributed by atoms with Crippen LogP contribution in [0.3, 0.4) is 0 Å². The quantitative estimate of drug-likeness (QED) is 0.779. The number of carbonyl (C=O) groups excluding carboxylic acids is 1. The number of hydrogen-bond donors (Lipinski definition) is 0. The fourth-order valence-electron chi connectivity index (χ4n) is 2.18. The molecule has 1 aliphatic heterocycles. The van der Waals surface area contributed by atoms with Crippen molar-refractivity contribution in [2.75, 3.05) is 4.90 Å². The predicted octanol–water partition coefficient (Wildman–Crippen LogP) is 3.90. The molecular formula is C14H9ClN2O2. The van der Waals surface area contributed by atoms with E-state index in [-0.39, 0.29) is 11.6 Å². The van der Waals surface area contributed by atoms with Gasteiger partial charge < -0.3 is 4.90 Å². The van der Waals surface area contributed by atoms with Crippen LogP contribution in [-0.4, -0.2) is 5.91 Å². The largest absolute Gasteiger partial charge is 0.304 e. The Hall–Kier alpha value is -2.20. The first kappa shape index (κ1) is 11.9. The number of carbonyl (C=O) groups is 1. The van der Waals surface area contributed by atoms with Crippen molar-refractivity contribution in [3.05, 3.63) is 63.5 Å². The Balaban J connectivity index is 1.99. The molecule has 0 spiro atoms. The van der Waals surface area contributed by atoms with Crippen LogP contribution in [0.2, 0.25) is 5.02 Å². The minimum Gasteiger partial charge on any atom is -0.304 e.